The van der Waals surface area contributed by atoms with Gasteiger partial charge < -0.3 is 17.2 Å². The Morgan fingerprint density at radius 2 is 1.59 bits per heavy atom. The molecule has 0 unspecified atom stereocenters. The van der Waals surface area contributed by atoms with Crippen molar-refractivity contribution in [2.75, 3.05) is 26.2 Å². The third-order valence-electron chi connectivity index (χ3n) is 2.64. The van der Waals surface area contributed by atoms with E-state index in [-0.39, 0.29) is 18.5 Å². The summed E-state index contributed by atoms with van der Waals surface area (Å²) in [5.74, 6) is -0.909. The minimum Gasteiger partial charge on any atom is -0.369 e. The first kappa shape index (κ1) is 15.9. The van der Waals surface area contributed by atoms with Crippen molar-refractivity contribution in [1.82, 2.24) is 4.90 Å². The molecule has 0 radical (unpaired) electrons. The van der Waals surface area contributed by atoms with Crippen molar-refractivity contribution in [3.63, 3.8) is 0 Å². The van der Waals surface area contributed by atoms with Gasteiger partial charge in [0.2, 0.25) is 11.8 Å². The number of hydrogen-bond donors (Lipinski definition) is 3. The average Bonchev–Trinajstić information content (AvgIpc) is 2.15. The Labute approximate surface area is 102 Å². The lowest BCUT2D eigenvalue weighted by Crippen LogP contribution is -2.40. The molecule has 6 N–H and O–H groups in total. The van der Waals surface area contributed by atoms with Gasteiger partial charge >= 0.3 is 0 Å². The molecule has 0 saturated heterocycles. The highest BCUT2D eigenvalue weighted by molar-refractivity contribution is 5.79. The van der Waals surface area contributed by atoms with E-state index in [1.807, 2.05) is 0 Å². The maximum absolute atomic E-state index is 10.8. The van der Waals surface area contributed by atoms with Crippen LogP contribution in [-0.4, -0.2) is 42.9 Å². The van der Waals surface area contributed by atoms with Crippen LogP contribution < -0.4 is 17.2 Å². The van der Waals surface area contributed by atoms with Crippen LogP contribution in [0.3, 0.4) is 0 Å². The van der Waals surface area contributed by atoms with E-state index in [4.69, 9.17) is 17.2 Å². The summed E-state index contributed by atoms with van der Waals surface area (Å²) in [6, 6.07) is 0. The summed E-state index contributed by atoms with van der Waals surface area (Å²) in [6.45, 7) is 5.52. The topological polar surface area (TPSA) is 115 Å². The number of nitrogens with two attached hydrogens (primary N) is 3. The predicted octanol–water partition coefficient (Wildman–Crippen LogP) is -0.976. The molecule has 0 aliphatic rings. The van der Waals surface area contributed by atoms with E-state index < -0.39 is 11.8 Å². The number of carbonyl (C=O) groups is 2. The van der Waals surface area contributed by atoms with Gasteiger partial charge in [0.05, 0.1) is 13.1 Å². The van der Waals surface area contributed by atoms with Crippen molar-refractivity contribution in [2.24, 2.45) is 22.6 Å². The first-order chi connectivity index (χ1) is 7.76. The molecule has 0 atom stereocenters. The van der Waals surface area contributed by atoms with Gasteiger partial charge in [-0.25, -0.2) is 0 Å². The summed E-state index contributed by atoms with van der Waals surface area (Å²) in [6.07, 6.45) is 1.78. The zero-order chi connectivity index (χ0) is 13.5. The van der Waals surface area contributed by atoms with E-state index in [1.165, 1.54) is 0 Å². The maximum Gasteiger partial charge on any atom is 0.231 e. The quantitative estimate of drug-likeness (QED) is 0.483. The smallest absolute Gasteiger partial charge is 0.231 e. The molecule has 6 nitrogen and oxygen atoms in total. The molecule has 0 saturated carbocycles. The van der Waals surface area contributed by atoms with Gasteiger partial charge in [-0.2, -0.15) is 0 Å². The first-order valence-corrected chi connectivity index (χ1v) is 5.76. The minimum absolute atomic E-state index is 0.0615. The van der Waals surface area contributed by atoms with E-state index in [9.17, 15) is 9.59 Å². The van der Waals surface area contributed by atoms with Gasteiger partial charge in [-0.05, 0) is 31.3 Å². The molecule has 2 amide bonds. The zero-order valence-corrected chi connectivity index (χ0v) is 10.7. The van der Waals surface area contributed by atoms with E-state index in [1.54, 1.807) is 4.90 Å². The van der Waals surface area contributed by atoms with Crippen molar-refractivity contribution in [2.45, 2.75) is 26.7 Å². The van der Waals surface area contributed by atoms with Crippen molar-refractivity contribution >= 4 is 11.8 Å². The van der Waals surface area contributed by atoms with Gasteiger partial charge in [0, 0.05) is 0 Å². The summed E-state index contributed by atoms with van der Waals surface area (Å²) in [7, 11) is 0. The molecule has 0 rings (SSSR count). The minimum atomic E-state index is -0.454. The Hall–Kier alpha value is -1.14. The van der Waals surface area contributed by atoms with Crippen LogP contribution in [0.5, 0.6) is 0 Å². The molecule has 0 aromatic heterocycles. The molecule has 0 aromatic carbocycles. The predicted molar refractivity (Wildman–Crippen MR) is 66.9 cm³/mol. The Kier molecular flexibility index (Phi) is 6.75. The fourth-order valence-electron chi connectivity index (χ4n) is 1.54. The molecule has 100 valence electrons. The number of carbonyl (C=O) groups excluding carboxylic acids is 2. The van der Waals surface area contributed by atoms with Crippen molar-refractivity contribution in [3.8, 4) is 0 Å². The second-order valence-electron chi connectivity index (χ2n) is 5.12. The fourth-order valence-corrected chi connectivity index (χ4v) is 1.54. The van der Waals surface area contributed by atoms with E-state index in [0.29, 0.717) is 13.1 Å². The lowest BCUT2D eigenvalue weighted by Gasteiger charge is -2.24. The molecular formula is C11H24N4O2. The summed E-state index contributed by atoms with van der Waals surface area (Å²) in [5.41, 5.74) is 15.9. The van der Waals surface area contributed by atoms with Crippen LogP contribution >= 0.6 is 0 Å². The van der Waals surface area contributed by atoms with Gasteiger partial charge in [0.25, 0.3) is 0 Å². The average molecular weight is 244 g/mol. The number of amides is 2. The van der Waals surface area contributed by atoms with Crippen molar-refractivity contribution in [1.29, 1.82) is 0 Å². The van der Waals surface area contributed by atoms with Crippen LogP contribution in [0.4, 0.5) is 0 Å². The highest BCUT2D eigenvalue weighted by Gasteiger charge is 2.17. The summed E-state index contributed by atoms with van der Waals surface area (Å²) in [4.78, 5) is 23.3. The monoisotopic (exact) mass is 244 g/mol. The Morgan fingerprint density at radius 1 is 1.12 bits per heavy atom. The van der Waals surface area contributed by atoms with Gasteiger partial charge in [-0.3, -0.25) is 14.5 Å². The van der Waals surface area contributed by atoms with Gasteiger partial charge in [0.1, 0.15) is 0 Å². The first-order valence-electron chi connectivity index (χ1n) is 5.76. The van der Waals surface area contributed by atoms with E-state index >= 15 is 0 Å². The molecule has 0 spiro atoms. The SMILES string of the molecule is CC(C)(CN)CCCN(CC(N)=O)CC(N)=O. The lowest BCUT2D eigenvalue weighted by atomic mass is 9.88. The highest BCUT2D eigenvalue weighted by atomic mass is 16.2. The Balaban J connectivity index is 4.07. The normalized spacial score (nSPS) is 11.8. The Bertz CT molecular complexity index is 250. The molecule has 0 fully saturated rings. The number of nitrogens with zero attached hydrogens (tertiary/aromatic N) is 1. The molecule has 0 heterocycles. The van der Waals surface area contributed by atoms with Crippen LogP contribution in [-0.2, 0) is 9.59 Å². The largest absolute Gasteiger partial charge is 0.369 e. The van der Waals surface area contributed by atoms with Crippen molar-refractivity contribution in [3.05, 3.63) is 0 Å². The standard InChI is InChI=1S/C11H24N4O2/c1-11(2,8-12)4-3-5-15(6-9(13)16)7-10(14)17/h3-8,12H2,1-2H3,(H2,13,16)(H2,14,17). The molecular weight excluding hydrogens is 220 g/mol. The molecule has 6 heteroatoms. The van der Waals surface area contributed by atoms with Crippen LogP contribution in [0.1, 0.15) is 26.7 Å². The van der Waals surface area contributed by atoms with E-state index in [0.717, 1.165) is 12.8 Å². The zero-order valence-electron chi connectivity index (χ0n) is 10.7. The van der Waals surface area contributed by atoms with Gasteiger partial charge in [-0.1, -0.05) is 13.8 Å². The summed E-state index contributed by atoms with van der Waals surface area (Å²) >= 11 is 0. The van der Waals surface area contributed by atoms with Gasteiger partial charge in [0.15, 0.2) is 0 Å². The molecule has 0 aliphatic heterocycles. The summed E-state index contributed by atoms with van der Waals surface area (Å²) in [5, 5.41) is 0. The Morgan fingerprint density at radius 3 is 1.94 bits per heavy atom. The van der Waals surface area contributed by atoms with E-state index in [2.05, 4.69) is 13.8 Å². The molecule has 0 aliphatic carbocycles. The maximum atomic E-state index is 10.8. The van der Waals surface area contributed by atoms with Crippen LogP contribution in [0, 0.1) is 5.41 Å². The van der Waals surface area contributed by atoms with Crippen molar-refractivity contribution < 1.29 is 9.59 Å². The summed E-state index contributed by atoms with van der Waals surface area (Å²) < 4.78 is 0. The number of primary amides is 2. The lowest BCUT2D eigenvalue weighted by molar-refractivity contribution is -0.121. The fraction of sp³-hybridized carbons (Fsp3) is 0.818. The van der Waals surface area contributed by atoms with Gasteiger partial charge in [-0.15, -0.1) is 0 Å². The third kappa shape index (κ3) is 8.65. The molecule has 0 bridgehead atoms. The number of hydrogen-bond acceptors (Lipinski definition) is 4. The second-order valence-corrected chi connectivity index (χ2v) is 5.12. The second kappa shape index (κ2) is 7.24. The number of rotatable bonds is 9. The highest BCUT2D eigenvalue weighted by Crippen LogP contribution is 2.20. The van der Waals surface area contributed by atoms with Crippen LogP contribution in [0.15, 0.2) is 0 Å². The van der Waals surface area contributed by atoms with Crippen LogP contribution in [0.25, 0.3) is 0 Å². The molecule has 17 heavy (non-hydrogen) atoms. The van der Waals surface area contributed by atoms with Crippen LogP contribution in [0.2, 0.25) is 0 Å². The third-order valence-corrected chi connectivity index (χ3v) is 2.64. The molecule has 0 aromatic rings.